The fraction of sp³-hybridized carbons (Fsp3) is 0.364. The minimum Gasteiger partial charge on any atom is -0.496 e. The van der Waals surface area contributed by atoms with E-state index in [2.05, 4.69) is 0 Å². The van der Waals surface area contributed by atoms with Gasteiger partial charge in [0.1, 0.15) is 11.3 Å². The van der Waals surface area contributed by atoms with E-state index in [9.17, 15) is 4.79 Å². The van der Waals surface area contributed by atoms with Gasteiger partial charge in [-0.25, -0.2) is 4.79 Å². The van der Waals surface area contributed by atoms with Crippen molar-refractivity contribution >= 4 is 5.97 Å². The van der Waals surface area contributed by atoms with Crippen molar-refractivity contribution in [2.24, 2.45) is 0 Å². The Morgan fingerprint density at radius 2 is 1.86 bits per heavy atom. The molecule has 3 nitrogen and oxygen atoms in total. The highest BCUT2D eigenvalue weighted by Crippen LogP contribution is 2.25. The molecular weight excluding hydrogens is 180 g/mol. The number of esters is 1. The van der Waals surface area contributed by atoms with E-state index in [0.29, 0.717) is 11.3 Å². The summed E-state index contributed by atoms with van der Waals surface area (Å²) >= 11 is 0. The van der Waals surface area contributed by atoms with Crippen LogP contribution < -0.4 is 4.74 Å². The van der Waals surface area contributed by atoms with Gasteiger partial charge in [-0.2, -0.15) is 0 Å². The molecule has 0 fully saturated rings. The number of benzene rings is 1. The van der Waals surface area contributed by atoms with Gasteiger partial charge in [-0.05, 0) is 31.0 Å². The van der Waals surface area contributed by atoms with Crippen LogP contribution in [0.25, 0.3) is 0 Å². The summed E-state index contributed by atoms with van der Waals surface area (Å²) in [7, 11) is 2.90. The molecule has 76 valence electrons. The molecule has 0 heterocycles. The van der Waals surface area contributed by atoms with Crippen molar-refractivity contribution in [2.75, 3.05) is 14.2 Å². The van der Waals surface area contributed by atoms with Gasteiger partial charge in [-0.15, -0.1) is 0 Å². The second-order valence-electron chi connectivity index (χ2n) is 3.08. The van der Waals surface area contributed by atoms with E-state index in [1.807, 2.05) is 19.9 Å². The first-order valence-corrected chi connectivity index (χ1v) is 4.34. The third-order valence-corrected chi connectivity index (χ3v) is 2.31. The van der Waals surface area contributed by atoms with Crippen molar-refractivity contribution in [2.45, 2.75) is 13.8 Å². The Hall–Kier alpha value is -1.51. The monoisotopic (exact) mass is 194 g/mol. The first-order chi connectivity index (χ1) is 6.61. The van der Waals surface area contributed by atoms with E-state index >= 15 is 0 Å². The molecule has 0 bridgehead atoms. The van der Waals surface area contributed by atoms with Crippen LogP contribution in [-0.2, 0) is 4.74 Å². The molecule has 3 heteroatoms. The summed E-state index contributed by atoms with van der Waals surface area (Å²) in [5.41, 5.74) is 2.46. The van der Waals surface area contributed by atoms with E-state index in [0.717, 1.165) is 11.1 Å². The van der Waals surface area contributed by atoms with E-state index < -0.39 is 0 Å². The molecule has 1 rings (SSSR count). The lowest BCUT2D eigenvalue weighted by Gasteiger charge is -2.11. The molecule has 0 saturated carbocycles. The normalized spacial score (nSPS) is 9.71. The number of carbonyl (C=O) groups excluding carboxylic acids is 1. The second kappa shape index (κ2) is 4.13. The Morgan fingerprint density at radius 3 is 2.36 bits per heavy atom. The third kappa shape index (κ3) is 1.71. The molecule has 0 atom stereocenters. The van der Waals surface area contributed by atoms with Gasteiger partial charge in [0, 0.05) is 0 Å². The number of ether oxygens (including phenoxy) is 2. The van der Waals surface area contributed by atoms with E-state index in [1.54, 1.807) is 6.07 Å². The summed E-state index contributed by atoms with van der Waals surface area (Å²) in [6.07, 6.45) is 0. The number of hydrogen-bond acceptors (Lipinski definition) is 3. The molecule has 0 aliphatic carbocycles. The summed E-state index contributed by atoms with van der Waals surface area (Å²) in [5.74, 6) is 0.197. The van der Waals surface area contributed by atoms with Gasteiger partial charge in [0.05, 0.1) is 14.2 Å². The van der Waals surface area contributed by atoms with Crippen LogP contribution in [0.4, 0.5) is 0 Å². The number of methoxy groups -OCH3 is 2. The molecule has 0 spiro atoms. The molecule has 0 aliphatic rings. The minimum atomic E-state index is -0.358. The maximum atomic E-state index is 11.5. The topological polar surface area (TPSA) is 35.5 Å². The summed E-state index contributed by atoms with van der Waals surface area (Å²) in [5, 5.41) is 0. The summed E-state index contributed by atoms with van der Waals surface area (Å²) < 4.78 is 9.80. The summed E-state index contributed by atoms with van der Waals surface area (Å²) in [4.78, 5) is 11.5. The Kier molecular flexibility index (Phi) is 3.12. The van der Waals surface area contributed by atoms with Crippen LogP contribution in [0.3, 0.4) is 0 Å². The molecule has 0 radical (unpaired) electrons. The molecule has 14 heavy (non-hydrogen) atoms. The summed E-state index contributed by atoms with van der Waals surface area (Å²) in [6, 6.07) is 3.69. The Balaban J connectivity index is 3.35. The van der Waals surface area contributed by atoms with E-state index in [4.69, 9.17) is 9.47 Å². The van der Waals surface area contributed by atoms with Crippen LogP contribution in [0.5, 0.6) is 5.75 Å². The zero-order valence-corrected chi connectivity index (χ0v) is 8.88. The number of hydrogen-bond donors (Lipinski definition) is 0. The lowest BCUT2D eigenvalue weighted by molar-refractivity contribution is 0.0596. The summed E-state index contributed by atoms with van der Waals surface area (Å²) in [6.45, 7) is 3.82. The molecule has 0 unspecified atom stereocenters. The van der Waals surface area contributed by atoms with Crippen LogP contribution in [-0.4, -0.2) is 20.2 Å². The smallest absolute Gasteiger partial charge is 0.341 e. The van der Waals surface area contributed by atoms with E-state index in [-0.39, 0.29) is 5.97 Å². The van der Waals surface area contributed by atoms with Gasteiger partial charge >= 0.3 is 5.97 Å². The zero-order chi connectivity index (χ0) is 10.7. The lowest BCUT2D eigenvalue weighted by atomic mass is 10.0. The van der Waals surface area contributed by atoms with Crippen LogP contribution in [0.1, 0.15) is 21.5 Å². The fourth-order valence-corrected chi connectivity index (χ4v) is 1.32. The molecule has 0 aromatic heterocycles. The van der Waals surface area contributed by atoms with Crippen molar-refractivity contribution in [3.05, 3.63) is 28.8 Å². The highest BCUT2D eigenvalue weighted by atomic mass is 16.5. The number of carbonyl (C=O) groups is 1. The molecular formula is C11H14O3. The lowest BCUT2D eigenvalue weighted by Crippen LogP contribution is -2.07. The highest BCUT2D eigenvalue weighted by Gasteiger charge is 2.16. The Morgan fingerprint density at radius 1 is 1.21 bits per heavy atom. The van der Waals surface area contributed by atoms with Crippen LogP contribution in [0, 0.1) is 13.8 Å². The van der Waals surface area contributed by atoms with Gasteiger partial charge < -0.3 is 9.47 Å². The molecule has 0 aliphatic heterocycles. The van der Waals surface area contributed by atoms with Crippen molar-refractivity contribution in [1.82, 2.24) is 0 Å². The highest BCUT2D eigenvalue weighted by molar-refractivity contribution is 5.94. The predicted octanol–water partition coefficient (Wildman–Crippen LogP) is 2.10. The van der Waals surface area contributed by atoms with Crippen molar-refractivity contribution in [3.8, 4) is 5.75 Å². The number of aryl methyl sites for hydroxylation is 1. The molecule has 0 amide bonds. The molecule has 0 saturated heterocycles. The van der Waals surface area contributed by atoms with Gasteiger partial charge in [0.25, 0.3) is 0 Å². The standard InChI is InChI=1S/C11H14O3/c1-7-5-6-9(13-3)10(8(7)2)11(12)14-4/h5-6H,1-4H3. The average Bonchev–Trinajstić information content (AvgIpc) is 2.20. The quantitative estimate of drug-likeness (QED) is 0.676. The van der Waals surface area contributed by atoms with Crippen LogP contribution in [0.15, 0.2) is 12.1 Å². The second-order valence-corrected chi connectivity index (χ2v) is 3.08. The van der Waals surface area contributed by atoms with Gasteiger partial charge in [-0.1, -0.05) is 6.07 Å². The SMILES string of the molecule is COC(=O)c1c(OC)ccc(C)c1C. The van der Waals surface area contributed by atoms with Crippen molar-refractivity contribution in [1.29, 1.82) is 0 Å². The fourth-order valence-electron chi connectivity index (χ4n) is 1.32. The first kappa shape index (κ1) is 10.6. The van der Waals surface area contributed by atoms with E-state index in [1.165, 1.54) is 14.2 Å². The van der Waals surface area contributed by atoms with Crippen LogP contribution >= 0.6 is 0 Å². The van der Waals surface area contributed by atoms with Crippen molar-refractivity contribution in [3.63, 3.8) is 0 Å². The predicted molar refractivity (Wildman–Crippen MR) is 53.8 cm³/mol. The maximum absolute atomic E-state index is 11.5. The zero-order valence-electron chi connectivity index (χ0n) is 8.88. The minimum absolute atomic E-state index is 0.358. The Labute approximate surface area is 83.6 Å². The van der Waals surface area contributed by atoms with Crippen molar-refractivity contribution < 1.29 is 14.3 Å². The average molecular weight is 194 g/mol. The Bertz CT molecular complexity index is 356. The van der Waals surface area contributed by atoms with Gasteiger partial charge in [0.15, 0.2) is 0 Å². The van der Waals surface area contributed by atoms with Gasteiger partial charge in [0.2, 0.25) is 0 Å². The largest absolute Gasteiger partial charge is 0.496 e. The maximum Gasteiger partial charge on any atom is 0.341 e. The molecule has 1 aromatic rings. The first-order valence-electron chi connectivity index (χ1n) is 4.34. The third-order valence-electron chi connectivity index (χ3n) is 2.31. The molecule has 0 N–H and O–H groups in total. The van der Waals surface area contributed by atoms with Gasteiger partial charge in [-0.3, -0.25) is 0 Å². The number of rotatable bonds is 2. The van der Waals surface area contributed by atoms with Crippen LogP contribution in [0.2, 0.25) is 0 Å². The molecule has 1 aromatic carbocycles.